The average molecular weight is 538 g/mol. The van der Waals surface area contributed by atoms with Crippen LogP contribution < -0.4 is 10.6 Å². The van der Waals surface area contributed by atoms with Crippen LogP contribution in [0.25, 0.3) is 0 Å². The summed E-state index contributed by atoms with van der Waals surface area (Å²) in [6.07, 6.45) is 2.35. The maximum Gasteiger partial charge on any atom is 0.191 e. The van der Waals surface area contributed by atoms with Gasteiger partial charge in [0.05, 0.1) is 16.8 Å². The number of ether oxygens (including phenoxy) is 1. The monoisotopic (exact) mass is 537 g/mol. The predicted molar refractivity (Wildman–Crippen MR) is 130 cm³/mol. The van der Waals surface area contributed by atoms with Crippen molar-refractivity contribution in [1.82, 2.24) is 10.6 Å². The van der Waals surface area contributed by atoms with E-state index in [1.807, 2.05) is 13.0 Å². The molecule has 6 nitrogen and oxygen atoms in total. The van der Waals surface area contributed by atoms with Crippen LogP contribution in [0.1, 0.15) is 40.5 Å². The van der Waals surface area contributed by atoms with Crippen molar-refractivity contribution in [3.63, 3.8) is 0 Å². The lowest BCUT2D eigenvalue weighted by molar-refractivity contribution is -0.0823. The van der Waals surface area contributed by atoms with Crippen LogP contribution in [0.3, 0.4) is 0 Å². The molecule has 8 heteroatoms. The third kappa shape index (κ3) is 8.41. The fourth-order valence-corrected chi connectivity index (χ4v) is 4.77. The van der Waals surface area contributed by atoms with Crippen LogP contribution in [-0.4, -0.2) is 52.5 Å². The highest BCUT2D eigenvalue weighted by atomic mass is 127. The first-order valence-electron chi connectivity index (χ1n) is 10.2. The number of nitrogens with one attached hydrogen (secondary N) is 2. The van der Waals surface area contributed by atoms with Crippen molar-refractivity contribution >= 4 is 39.8 Å². The number of sulfone groups is 1. The van der Waals surface area contributed by atoms with E-state index in [0.29, 0.717) is 29.9 Å². The molecule has 1 aromatic rings. The lowest BCUT2D eigenvalue weighted by Crippen LogP contribution is -2.43. The summed E-state index contributed by atoms with van der Waals surface area (Å²) in [5.41, 5.74) is 0.0795. The summed E-state index contributed by atoms with van der Waals surface area (Å²) in [5, 5.41) is 6.36. The fraction of sp³-hybridized carbons (Fsp3) is 0.667. The van der Waals surface area contributed by atoms with Gasteiger partial charge in [-0.3, -0.25) is 4.99 Å². The zero-order chi connectivity index (χ0) is 20.6. The minimum Gasteiger partial charge on any atom is -0.377 e. The second-order valence-corrected chi connectivity index (χ2v) is 10.4. The second kappa shape index (κ2) is 12.1. The molecule has 1 aromatic carbocycles. The molecule has 2 atom stereocenters. The molecule has 2 rings (SSSR count). The fourth-order valence-electron chi connectivity index (χ4n) is 3.59. The summed E-state index contributed by atoms with van der Waals surface area (Å²) in [7, 11) is -3.30. The van der Waals surface area contributed by atoms with Crippen LogP contribution in [0.5, 0.6) is 0 Å². The van der Waals surface area contributed by atoms with Gasteiger partial charge in [-0.2, -0.15) is 0 Å². The third-order valence-corrected chi connectivity index (χ3v) is 6.62. The minimum absolute atomic E-state index is 0. The van der Waals surface area contributed by atoms with E-state index < -0.39 is 9.84 Å². The molecule has 2 N–H and O–H groups in total. The maximum atomic E-state index is 12.4. The Bertz CT molecular complexity index is 733. The first-order valence-corrected chi connectivity index (χ1v) is 11.8. The molecule has 1 heterocycles. The van der Waals surface area contributed by atoms with Crippen molar-refractivity contribution in [3.8, 4) is 0 Å². The van der Waals surface area contributed by atoms with Gasteiger partial charge in [-0.25, -0.2) is 8.42 Å². The quantitative estimate of drug-likeness (QED) is 0.317. The van der Waals surface area contributed by atoms with E-state index in [1.165, 1.54) is 0 Å². The number of guanidine groups is 1. The molecule has 0 aromatic heterocycles. The Balaban J connectivity index is 0.00000420. The van der Waals surface area contributed by atoms with Crippen molar-refractivity contribution in [2.75, 3.05) is 32.0 Å². The molecule has 1 aliphatic heterocycles. The number of halogens is 1. The predicted octanol–water partition coefficient (Wildman–Crippen LogP) is 3.47. The lowest BCUT2D eigenvalue weighted by Gasteiger charge is -2.39. The molecule has 0 saturated carbocycles. The number of rotatable bonds is 7. The Morgan fingerprint density at radius 1 is 1.21 bits per heavy atom. The Hall–Kier alpha value is -0.870. The van der Waals surface area contributed by atoms with Gasteiger partial charge in [0, 0.05) is 32.2 Å². The number of hydrogen-bond acceptors (Lipinski definition) is 4. The molecule has 0 spiro atoms. The zero-order valence-electron chi connectivity index (χ0n) is 18.0. The summed E-state index contributed by atoms with van der Waals surface area (Å²) in [4.78, 5) is 5.07. The summed E-state index contributed by atoms with van der Waals surface area (Å²) in [6, 6.07) is 8.55. The van der Waals surface area contributed by atoms with E-state index in [9.17, 15) is 8.42 Å². The van der Waals surface area contributed by atoms with E-state index in [4.69, 9.17) is 9.73 Å². The van der Waals surface area contributed by atoms with E-state index in [2.05, 4.69) is 31.4 Å². The minimum atomic E-state index is -3.30. The molecule has 0 radical (unpaired) electrons. The highest BCUT2D eigenvalue weighted by Crippen LogP contribution is 2.34. The Morgan fingerprint density at radius 2 is 1.90 bits per heavy atom. The molecule has 166 valence electrons. The summed E-state index contributed by atoms with van der Waals surface area (Å²) in [5.74, 6) is 1.06. The van der Waals surface area contributed by atoms with Crippen LogP contribution in [0.4, 0.5) is 0 Å². The van der Waals surface area contributed by atoms with E-state index in [1.54, 1.807) is 24.3 Å². The zero-order valence-corrected chi connectivity index (χ0v) is 21.1. The molecule has 0 amide bonds. The third-order valence-electron chi connectivity index (χ3n) is 4.89. The van der Waals surface area contributed by atoms with Crippen LogP contribution in [0.2, 0.25) is 0 Å². The van der Waals surface area contributed by atoms with Gasteiger partial charge in [0.15, 0.2) is 15.8 Å². The SMILES string of the molecule is CCNC(=NCC1CCCOC1C(C)(C)C)NCCS(=O)(=O)c1ccccc1.I. The summed E-state index contributed by atoms with van der Waals surface area (Å²) < 4.78 is 30.9. The van der Waals surface area contributed by atoms with Crippen molar-refractivity contribution in [2.24, 2.45) is 16.3 Å². The molecule has 2 unspecified atom stereocenters. The van der Waals surface area contributed by atoms with E-state index in [-0.39, 0.29) is 41.2 Å². The first-order chi connectivity index (χ1) is 13.2. The number of hydrogen-bond donors (Lipinski definition) is 2. The van der Waals surface area contributed by atoms with Crippen LogP contribution in [0, 0.1) is 11.3 Å². The molecule has 1 saturated heterocycles. The molecular weight excluding hydrogens is 501 g/mol. The topological polar surface area (TPSA) is 79.8 Å². The van der Waals surface area contributed by atoms with Gasteiger partial charge in [-0.1, -0.05) is 39.0 Å². The molecule has 0 aliphatic carbocycles. The van der Waals surface area contributed by atoms with E-state index in [0.717, 1.165) is 26.0 Å². The highest BCUT2D eigenvalue weighted by Gasteiger charge is 2.35. The highest BCUT2D eigenvalue weighted by molar-refractivity contribution is 14.0. The van der Waals surface area contributed by atoms with Gasteiger partial charge < -0.3 is 15.4 Å². The Labute approximate surface area is 193 Å². The lowest BCUT2D eigenvalue weighted by atomic mass is 9.78. The maximum absolute atomic E-state index is 12.4. The summed E-state index contributed by atoms with van der Waals surface area (Å²) in [6.45, 7) is 11.1. The van der Waals surface area contributed by atoms with Gasteiger partial charge in [0.1, 0.15) is 0 Å². The number of nitrogens with zero attached hydrogens (tertiary/aromatic N) is 1. The van der Waals surface area contributed by atoms with Gasteiger partial charge in [0.2, 0.25) is 0 Å². The van der Waals surface area contributed by atoms with Gasteiger partial charge in [-0.15, -0.1) is 24.0 Å². The summed E-state index contributed by atoms with van der Waals surface area (Å²) >= 11 is 0. The average Bonchev–Trinajstić information content (AvgIpc) is 2.66. The molecule has 0 bridgehead atoms. The van der Waals surface area contributed by atoms with Crippen molar-refractivity contribution in [1.29, 1.82) is 0 Å². The van der Waals surface area contributed by atoms with Crippen LogP contribution in [0.15, 0.2) is 40.2 Å². The Morgan fingerprint density at radius 3 is 2.52 bits per heavy atom. The smallest absolute Gasteiger partial charge is 0.191 e. The van der Waals surface area contributed by atoms with E-state index >= 15 is 0 Å². The Kier molecular flexibility index (Phi) is 10.9. The van der Waals surface area contributed by atoms with Crippen LogP contribution >= 0.6 is 24.0 Å². The largest absolute Gasteiger partial charge is 0.377 e. The van der Waals surface area contributed by atoms with Crippen molar-refractivity contribution in [3.05, 3.63) is 30.3 Å². The van der Waals surface area contributed by atoms with Gasteiger partial charge in [-0.05, 0) is 37.3 Å². The van der Waals surface area contributed by atoms with Gasteiger partial charge >= 0.3 is 0 Å². The molecular formula is C21H36IN3O3S. The molecule has 1 fully saturated rings. The number of aliphatic imine (C=N–C) groups is 1. The second-order valence-electron chi connectivity index (χ2n) is 8.34. The van der Waals surface area contributed by atoms with Crippen LogP contribution in [-0.2, 0) is 14.6 Å². The molecule has 29 heavy (non-hydrogen) atoms. The first kappa shape index (κ1) is 26.2. The van der Waals surface area contributed by atoms with Gasteiger partial charge in [0.25, 0.3) is 0 Å². The number of benzene rings is 1. The van der Waals surface area contributed by atoms with Crippen molar-refractivity contribution in [2.45, 2.75) is 51.5 Å². The molecule has 1 aliphatic rings. The van der Waals surface area contributed by atoms with Crippen molar-refractivity contribution < 1.29 is 13.2 Å². The standard InChI is InChI=1S/C21H35N3O3S.HI/c1-5-22-20(23-13-15-28(25,26)18-11-7-6-8-12-18)24-16-17-10-9-14-27-19(17)21(2,3)4;/h6-8,11-12,17,19H,5,9-10,13-16H2,1-4H3,(H2,22,23,24);1H. The normalized spacial score (nSPS) is 20.6.